The molecule has 32 heavy (non-hydrogen) atoms. The summed E-state index contributed by atoms with van der Waals surface area (Å²) in [5.74, 6) is 3.12. The Balaban J connectivity index is 1.55. The molecule has 3 aromatic heterocycles. The molecule has 0 unspecified atom stereocenters. The Morgan fingerprint density at radius 1 is 1.03 bits per heavy atom. The molecule has 4 aromatic rings. The first-order chi connectivity index (χ1) is 15.6. The van der Waals surface area contributed by atoms with Crippen molar-refractivity contribution in [3.05, 3.63) is 59.8 Å². The molecule has 0 radical (unpaired) electrons. The van der Waals surface area contributed by atoms with Crippen molar-refractivity contribution in [3.8, 4) is 22.6 Å². The highest BCUT2D eigenvalue weighted by Gasteiger charge is 2.14. The smallest absolute Gasteiger partial charge is 0.180 e. The lowest BCUT2D eigenvalue weighted by molar-refractivity contribution is 0.526. The number of aromatic amines is 1. The first-order valence-corrected chi connectivity index (χ1v) is 11.3. The number of hydrogen-bond donors (Lipinski definition) is 1. The number of aryl methyl sites for hydroxylation is 1. The van der Waals surface area contributed by atoms with E-state index in [1.54, 1.807) is 0 Å². The summed E-state index contributed by atoms with van der Waals surface area (Å²) < 4.78 is 2.09. The van der Waals surface area contributed by atoms with Crippen molar-refractivity contribution in [1.82, 2.24) is 40.4 Å². The van der Waals surface area contributed by atoms with Crippen LogP contribution in [0, 0.1) is 5.92 Å². The summed E-state index contributed by atoms with van der Waals surface area (Å²) in [7, 11) is 0. The summed E-state index contributed by atoms with van der Waals surface area (Å²) in [5, 5.41) is 19.1. The van der Waals surface area contributed by atoms with Gasteiger partial charge < -0.3 is 0 Å². The summed E-state index contributed by atoms with van der Waals surface area (Å²) in [6, 6.07) is 12.1. The predicted molar refractivity (Wildman–Crippen MR) is 124 cm³/mol. The molecule has 0 aliphatic heterocycles. The van der Waals surface area contributed by atoms with Crippen molar-refractivity contribution >= 4 is 0 Å². The lowest BCUT2D eigenvalue weighted by Gasteiger charge is -2.08. The number of H-pyrrole nitrogens is 1. The number of aromatic nitrogens is 8. The van der Waals surface area contributed by atoms with Gasteiger partial charge in [-0.15, -0.1) is 5.10 Å². The van der Waals surface area contributed by atoms with Crippen LogP contribution in [0.1, 0.15) is 57.2 Å². The molecule has 1 N–H and O–H groups in total. The van der Waals surface area contributed by atoms with Gasteiger partial charge in [0.25, 0.3) is 0 Å². The second-order valence-electron chi connectivity index (χ2n) is 8.50. The van der Waals surface area contributed by atoms with Crippen LogP contribution in [0.2, 0.25) is 0 Å². The van der Waals surface area contributed by atoms with Crippen LogP contribution in [0.25, 0.3) is 22.6 Å². The minimum Gasteiger partial charge on any atom is -0.256 e. The minimum atomic E-state index is 0.537. The fraction of sp³-hybridized carbons (Fsp3) is 0.417. The van der Waals surface area contributed by atoms with Gasteiger partial charge >= 0.3 is 0 Å². The Kier molecular flexibility index (Phi) is 6.99. The topological polar surface area (TPSA) is 98.1 Å². The third-order valence-corrected chi connectivity index (χ3v) is 5.35. The van der Waals surface area contributed by atoms with E-state index in [1.165, 1.54) is 12.8 Å². The van der Waals surface area contributed by atoms with Crippen LogP contribution in [-0.4, -0.2) is 40.4 Å². The van der Waals surface area contributed by atoms with Crippen LogP contribution in [0.15, 0.2) is 42.6 Å². The average Bonchev–Trinajstić information content (AvgIpc) is 3.45. The zero-order chi connectivity index (χ0) is 22.3. The molecule has 3 heterocycles. The van der Waals surface area contributed by atoms with Crippen LogP contribution < -0.4 is 0 Å². The van der Waals surface area contributed by atoms with E-state index in [4.69, 9.17) is 15.1 Å². The van der Waals surface area contributed by atoms with Gasteiger partial charge in [-0.25, -0.2) is 14.8 Å². The lowest BCUT2D eigenvalue weighted by Crippen LogP contribution is -2.07. The van der Waals surface area contributed by atoms with Gasteiger partial charge in [0, 0.05) is 36.7 Å². The van der Waals surface area contributed by atoms with Crippen molar-refractivity contribution in [2.24, 2.45) is 5.92 Å². The summed E-state index contributed by atoms with van der Waals surface area (Å²) in [5.41, 5.74) is 3.91. The molecule has 0 aliphatic carbocycles. The van der Waals surface area contributed by atoms with Gasteiger partial charge in [-0.1, -0.05) is 63.9 Å². The van der Waals surface area contributed by atoms with E-state index < -0.39 is 0 Å². The summed E-state index contributed by atoms with van der Waals surface area (Å²) in [6.45, 7) is 7.54. The molecule has 166 valence electrons. The third kappa shape index (κ3) is 5.25. The van der Waals surface area contributed by atoms with E-state index in [0.29, 0.717) is 11.7 Å². The van der Waals surface area contributed by atoms with Crippen LogP contribution >= 0.6 is 0 Å². The molecule has 0 saturated heterocycles. The zero-order valence-electron chi connectivity index (χ0n) is 19.0. The molecular weight excluding hydrogens is 400 g/mol. The molecule has 0 aliphatic rings. The van der Waals surface area contributed by atoms with Crippen LogP contribution in [0.4, 0.5) is 0 Å². The van der Waals surface area contributed by atoms with Gasteiger partial charge in [-0.3, -0.25) is 4.98 Å². The quantitative estimate of drug-likeness (QED) is 0.372. The van der Waals surface area contributed by atoms with Crippen molar-refractivity contribution in [1.29, 1.82) is 0 Å². The number of pyridine rings is 1. The van der Waals surface area contributed by atoms with Gasteiger partial charge in [-0.05, 0) is 34.4 Å². The first kappa shape index (κ1) is 21.8. The molecule has 0 fully saturated rings. The van der Waals surface area contributed by atoms with Crippen LogP contribution in [0.3, 0.4) is 0 Å². The van der Waals surface area contributed by atoms with E-state index in [9.17, 15) is 0 Å². The Bertz CT molecular complexity index is 1110. The zero-order valence-corrected chi connectivity index (χ0v) is 19.0. The van der Waals surface area contributed by atoms with E-state index in [1.807, 2.05) is 36.5 Å². The highest BCUT2D eigenvalue weighted by Crippen LogP contribution is 2.28. The molecule has 0 saturated carbocycles. The SMILES string of the molecule is CCCCCn1nc(CC(C)C)nc1Cc1ccc(-c2ccccc2-c2nnn[nH]2)nc1. The molecule has 0 bridgehead atoms. The number of unbranched alkanes of at least 4 members (excludes halogenated alkanes) is 2. The van der Waals surface area contributed by atoms with Gasteiger partial charge in [0.15, 0.2) is 11.6 Å². The fourth-order valence-corrected chi connectivity index (χ4v) is 3.76. The fourth-order valence-electron chi connectivity index (χ4n) is 3.76. The van der Waals surface area contributed by atoms with Crippen molar-refractivity contribution in [3.63, 3.8) is 0 Å². The highest BCUT2D eigenvalue weighted by atomic mass is 15.5. The molecule has 4 rings (SSSR count). The number of nitrogens with zero attached hydrogens (tertiary/aromatic N) is 7. The van der Waals surface area contributed by atoms with Crippen molar-refractivity contribution in [2.45, 2.75) is 59.4 Å². The Hall–Kier alpha value is -3.42. The van der Waals surface area contributed by atoms with E-state index >= 15 is 0 Å². The van der Waals surface area contributed by atoms with Crippen molar-refractivity contribution < 1.29 is 0 Å². The molecule has 8 nitrogen and oxygen atoms in total. The minimum absolute atomic E-state index is 0.537. The van der Waals surface area contributed by atoms with Gasteiger partial charge in [0.05, 0.1) is 5.69 Å². The largest absolute Gasteiger partial charge is 0.256 e. The summed E-state index contributed by atoms with van der Waals surface area (Å²) >= 11 is 0. The van der Waals surface area contributed by atoms with Crippen LogP contribution in [0.5, 0.6) is 0 Å². The molecule has 8 heteroatoms. The van der Waals surface area contributed by atoms with E-state index in [2.05, 4.69) is 52.1 Å². The monoisotopic (exact) mass is 430 g/mol. The number of hydrogen-bond acceptors (Lipinski definition) is 6. The van der Waals surface area contributed by atoms with Crippen LogP contribution in [-0.2, 0) is 19.4 Å². The normalized spacial score (nSPS) is 11.4. The molecule has 0 spiro atoms. The highest BCUT2D eigenvalue weighted by molar-refractivity contribution is 5.78. The second kappa shape index (κ2) is 10.3. The number of rotatable bonds is 10. The lowest BCUT2D eigenvalue weighted by atomic mass is 10.0. The molecule has 1 aromatic carbocycles. The number of tetrazole rings is 1. The average molecular weight is 431 g/mol. The molecule has 0 amide bonds. The molecular formula is C24H30N8. The maximum atomic E-state index is 4.85. The number of benzene rings is 1. The maximum Gasteiger partial charge on any atom is 0.180 e. The maximum absolute atomic E-state index is 4.85. The van der Waals surface area contributed by atoms with Gasteiger partial charge in [0.1, 0.15) is 5.82 Å². The standard InChI is InChI=1S/C24H30N8/c1-4-5-8-13-32-23(26-22(29-32)14-17(2)3)15-18-11-12-21(25-16-18)19-9-6-7-10-20(19)24-27-30-31-28-24/h6-7,9-12,16-17H,4-5,8,13-15H2,1-3H3,(H,27,28,30,31). The third-order valence-electron chi connectivity index (χ3n) is 5.35. The summed E-state index contributed by atoms with van der Waals surface area (Å²) in [4.78, 5) is 9.59. The molecule has 0 atom stereocenters. The Morgan fingerprint density at radius 2 is 1.88 bits per heavy atom. The number of nitrogens with one attached hydrogen (secondary N) is 1. The second-order valence-corrected chi connectivity index (χ2v) is 8.50. The Labute approximate surface area is 188 Å². The Morgan fingerprint density at radius 3 is 2.56 bits per heavy atom. The summed E-state index contributed by atoms with van der Waals surface area (Å²) in [6.07, 6.45) is 7.07. The van der Waals surface area contributed by atoms with Crippen molar-refractivity contribution in [2.75, 3.05) is 0 Å². The first-order valence-electron chi connectivity index (χ1n) is 11.3. The van der Waals surface area contributed by atoms with E-state index in [0.717, 1.165) is 59.8 Å². The predicted octanol–water partition coefficient (Wildman–Crippen LogP) is 4.50. The van der Waals surface area contributed by atoms with E-state index in [-0.39, 0.29) is 0 Å². The van der Waals surface area contributed by atoms with Gasteiger partial charge in [-0.2, -0.15) is 5.10 Å². The van der Waals surface area contributed by atoms with Gasteiger partial charge in [0.2, 0.25) is 0 Å².